The molecule has 29 heavy (non-hydrogen) atoms. The fourth-order valence-electron chi connectivity index (χ4n) is 2.54. The minimum atomic E-state index is -0.410. The maximum atomic E-state index is 12.4. The first kappa shape index (κ1) is 19.6. The highest BCUT2D eigenvalue weighted by Gasteiger charge is 2.13. The number of hydrogen-bond acceptors (Lipinski definition) is 5. The summed E-state index contributed by atoms with van der Waals surface area (Å²) in [6.45, 7) is 0.778. The summed E-state index contributed by atoms with van der Waals surface area (Å²) in [5, 5.41) is 16.4. The molecule has 0 bridgehead atoms. The second kappa shape index (κ2) is 8.36. The van der Waals surface area contributed by atoms with Crippen LogP contribution in [-0.2, 0) is 13.2 Å². The highest BCUT2D eigenvalue weighted by atomic mass is 79.9. The third kappa shape index (κ3) is 4.84. The molecule has 12 heteroatoms. The largest absolute Gasteiger partial charge is 0.288 e. The van der Waals surface area contributed by atoms with E-state index >= 15 is 0 Å². The lowest BCUT2D eigenvalue weighted by Crippen LogP contribution is -2.16. The Morgan fingerprint density at radius 3 is 2.76 bits per heavy atom. The minimum absolute atomic E-state index is 0.172. The predicted molar refractivity (Wildman–Crippen MR) is 111 cm³/mol. The molecule has 3 aromatic heterocycles. The lowest BCUT2D eigenvalue weighted by Gasteiger charge is -2.04. The Morgan fingerprint density at radius 1 is 1.14 bits per heavy atom. The molecule has 148 valence electrons. The monoisotopic (exact) mass is 494 g/mol. The van der Waals surface area contributed by atoms with Crippen LogP contribution in [0.15, 0.2) is 53.7 Å². The van der Waals surface area contributed by atoms with Crippen LogP contribution in [0.3, 0.4) is 0 Å². The van der Waals surface area contributed by atoms with Crippen molar-refractivity contribution in [1.29, 1.82) is 0 Å². The molecular weight excluding hydrogens is 483 g/mol. The van der Waals surface area contributed by atoms with E-state index in [-0.39, 0.29) is 11.6 Å². The van der Waals surface area contributed by atoms with Crippen molar-refractivity contribution in [2.45, 2.75) is 13.2 Å². The SMILES string of the molecule is O=C(Nc1ncn(Cc2ccc(Cl)cc2Cl)n1)c1ccn(Cn2cc(Br)cn2)n1. The Hall–Kier alpha value is -2.69. The van der Waals surface area contributed by atoms with Gasteiger partial charge >= 0.3 is 0 Å². The number of rotatable bonds is 6. The zero-order chi connectivity index (χ0) is 20.4. The molecule has 4 rings (SSSR count). The summed E-state index contributed by atoms with van der Waals surface area (Å²) in [6, 6.07) is 6.84. The average molecular weight is 496 g/mol. The van der Waals surface area contributed by atoms with Gasteiger partial charge in [0, 0.05) is 22.4 Å². The first-order valence-corrected chi connectivity index (χ1v) is 9.87. The number of aromatic nitrogens is 7. The van der Waals surface area contributed by atoms with Crippen LogP contribution in [0.5, 0.6) is 0 Å². The van der Waals surface area contributed by atoms with Gasteiger partial charge in [-0.25, -0.2) is 14.3 Å². The van der Waals surface area contributed by atoms with Crippen molar-refractivity contribution in [2.75, 3.05) is 5.32 Å². The lowest BCUT2D eigenvalue weighted by molar-refractivity contribution is 0.102. The molecule has 3 heterocycles. The van der Waals surface area contributed by atoms with Gasteiger partial charge in [0.1, 0.15) is 13.0 Å². The van der Waals surface area contributed by atoms with Gasteiger partial charge in [-0.2, -0.15) is 10.2 Å². The molecule has 0 aliphatic heterocycles. The van der Waals surface area contributed by atoms with Crippen molar-refractivity contribution in [3.8, 4) is 0 Å². The normalized spacial score (nSPS) is 11.0. The smallest absolute Gasteiger partial charge is 0.278 e. The zero-order valence-corrected chi connectivity index (χ0v) is 17.8. The van der Waals surface area contributed by atoms with Gasteiger partial charge in [0.2, 0.25) is 5.95 Å². The summed E-state index contributed by atoms with van der Waals surface area (Å²) in [7, 11) is 0. The number of carbonyl (C=O) groups excluding carboxylic acids is 1. The van der Waals surface area contributed by atoms with Crippen molar-refractivity contribution < 1.29 is 4.79 Å². The number of anilines is 1. The Bertz CT molecular complexity index is 1170. The van der Waals surface area contributed by atoms with Crippen LogP contribution >= 0.6 is 39.1 Å². The van der Waals surface area contributed by atoms with E-state index in [0.717, 1.165) is 10.0 Å². The maximum absolute atomic E-state index is 12.4. The number of benzene rings is 1. The average Bonchev–Trinajstić information content (AvgIpc) is 3.40. The van der Waals surface area contributed by atoms with Gasteiger partial charge in [-0.3, -0.25) is 14.8 Å². The van der Waals surface area contributed by atoms with Gasteiger partial charge in [0.25, 0.3) is 5.91 Å². The van der Waals surface area contributed by atoms with Crippen molar-refractivity contribution in [3.63, 3.8) is 0 Å². The van der Waals surface area contributed by atoms with E-state index in [2.05, 4.69) is 41.5 Å². The van der Waals surface area contributed by atoms with Gasteiger partial charge in [-0.05, 0) is 39.7 Å². The molecular formula is C17H13BrCl2N8O. The second-order valence-electron chi connectivity index (χ2n) is 6.04. The van der Waals surface area contributed by atoms with Gasteiger partial charge in [-0.15, -0.1) is 5.10 Å². The number of amides is 1. The fraction of sp³-hybridized carbons (Fsp3) is 0.118. The lowest BCUT2D eigenvalue weighted by atomic mass is 10.2. The van der Waals surface area contributed by atoms with Crippen molar-refractivity contribution in [1.82, 2.24) is 34.3 Å². The van der Waals surface area contributed by atoms with E-state index in [0.29, 0.717) is 23.3 Å². The molecule has 1 aromatic carbocycles. The van der Waals surface area contributed by atoms with Crippen molar-refractivity contribution in [3.05, 3.63) is 75.0 Å². The van der Waals surface area contributed by atoms with Gasteiger partial charge < -0.3 is 0 Å². The Morgan fingerprint density at radius 2 is 2.00 bits per heavy atom. The van der Waals surface area contributed by atoms with E-state index < -0.39 is 5.91 Å². The van der Waals surface area contributed by atoms with E-state index in [1.54, 1.807) is 44.6 Å². The number of carbonyl (C=O) groups is 1. The minimum Gasteiger partial charge on any atom is -0.288 e. The standard InChI is InChI=1S/C17H13BrCl2N8O/c18-12-6-22-28(8-12)10-26-4-3-15(24-26)16(29)23-17-21-9-27(25-17)7-11-1-2-13(19)5-14(11)20/h1-6,8-9H,7,10H2,(H,23,25,29). The molecule has 4 aromatic rings. The molecule has 0 unspecified atom stereocenters. The molecule has 0 radical (unpaired) electrons. The maximum Gasteiger partial charge on any atom is 0.278 e. The second-order valence-corrected chi connectivity index (χ2v) is 7.79. The molecule has 0 atom stereocenters. The molecule has 0 aliphatic rings. The summed E-state index contributed by atoms with van der Waals surface area (Å²) in [5.41, 5.74) is 1.08. The molecule has 1 amide bonds. The van der Waals surface area contributed by atoms with Crippen LogP contribution < -0.4 is 5.32 Å². The Labute approximate surface area is 183 Å². The van der Waals surface area contributed by atoms with E-state index in [9.17, 15) is 4.79 Å². The molecule has 0 fully saturated rings. The first-order valence-electron chi connectivity index (χ1n) is 8.32. The van der Waals surface area contributed by atoms with Gasteiger partial charge in [0.05, 0.1) is 17.2 Å². The van der Waals surface area contributed by atoms with E-state index in [1.807, 2.05) is 12.3 Å². The van der Waals surface area contributed by atoms with E-state index in [4.69, 9.17) is 23.2 Å². The fourth-order valence-corrected chi connectivity index (χ4v) is 3.34. The van der Waals surface area contributed by atoms with E-state index in [1.165, 1.54) is 6.33 Å². The van der Waals surface area contributed by atoms with Crippen molar-refractivity contribution >= 4 is 51.0 Å². The number of nitrogens with zero attached hydrogens (tertiary/aromatic N) is 7. The third-order valence-corrected chi connectivity index (χ3v) is 4.87. The predicted octanol–water partition coefficient (Wildman–Crippen LogP) is 3.55. The molecule has 1 N–H and O–H groups in total. The molecule has 0 spiro atoms. The van der Waals surface area contributed by atoms with Gasteiger partial charge in [0.15, 0.2) is 5.69 Å². The molecule has 9 nitrogen and oxygen atoms in total. The molecule has 0 aliphatic carbocycles. The topological polar surface area (TPSA) is 95.5 Å². The Kier molecular flexibility index (Phi) is 5.65. The number of nitrogens with one attached hydrogen (secondary N) is 1. The summed E-state index contributed by atoms with van der Waals surface area (Å²) in [4.78, 5) is 16.5. The summed E-state index contributed by atoms with van der Waals surface area (Å²) >= 11 is 15.4. The van der Waals surface area contributed by atoms with Gasteiger partial charge in [-0.1, -0.05) is 29.3 Å². The molecule has 0 saturated heterocycles. The Balaban J connectivity index is 1.39. The number of hydrogen-bond donors (Lipinski definition) is 1. The highest BCUT2D eigenvalue weighted by molar-refractivity contribution is 9.10. The molecule has 0 saturated carbocycles. The highest BCUT2D eigenvalue weighted by Crippen LogP contribution is 2.21. The van der Waals surface area contributed by atoms with Crippen LogP contribution in [0.4, 0.5) is 5.95 Å². The summed E-state index contributed by atoms with van der Waals surface area (Å²) in [5.74, 6) is -0.238. The third-order valence-electron chi connectivity index (χ3n) is 3.87. The van der Waals surface area contributed by atoms with Crippen LogP contribution in [0.25, 0.3) is 0 Å². The van der Waals surface area contributed by atoms with Crippen molar-refractivity contribution in [2.24, 2.45) is 0 Å². The first-order chi connectivity index (χ1) is 14.0. The summed E-state index contributed by atoms with van der Waals surface area (Å²) < 4.78 is 5.72. The van der Waals surface area contributed by atoms with Crippen LogP contribution in [0.1, 0.15) is 16.1 Å². The quantitative estimate of drug-likeness (QED) is 0.441. The van der Waals surface area contributed by atoms with Crippen LogP contribution in [0, 0.1) is 0 Å². The van der Waals surface area contributed by atoms with Crippen LogP contribution in [-0.4, -0.2) is 40.2 Å². The summed E-state index contributed by atoms with van der Waals surface area (Å²) in [6.07, 6.45) is 6.69. The van der Waals surface area contributed by atoms with Crippen LogP contribution in [0.2, 0.25) is 10.0 Å². The number of halogens is 3. The zero-order valence-electron chi connectivity index (χ0n) is 14.7.